The van der Waals surface area contributed by atoms with Crippen molar-refractivity contribution in [1.29, 1.82) is 0 Å². The number of anilines is 1. The lowest BCUT2D eigenvalue weighted by Gasteiger charge is -2.17. The molecule has 0 aliphatic heterocycles. The topological polar surface area (TPSA) is 84.3 Å². The van der Waals surface area contributed by atoms with Crippen LogP contribution in [0, 0.1) is 27.7 Å². The molecule has 1 amide bonds. The van der Waals surface area contributed by atoms with E-state index >= 15 is 0 Å². The summed E-state index contributed by atoms with van der Waals surface area (Å²) < 4.78 is 27.3. The van der Waals surface area contributed by atoms with Gasteiger partial charge in [-0.3, -0.25) is 14.9 Å². The van der Waals surface area contributed by atoms with Gasteiger partial charge in [0.15, 0.2) is 11.6 Å². The highest BCUT2D eigenvalue weighted by molar-refractivity contribution is 5.84. The summed E-state index contributed by atoms with van der Waals surface area (Å²) in [5.74, 6) is -2.41. The van der Waals surface area contributed by atoms with Crippen LogP contribution in [0.1, 0.15) is 20.8 Å². The third-order valence-electron chi connectivity index (χ3n) is 2.68. The van der Waals surface area contributed by atoms with Crippen LogP contribution in [-0.4, -0.2) is 23.4 Å². The van der Waals surface area contributed by atoms with Gasteiger partial charge in [0.05, 0.1) is 17.1 Å². The Morgan fingerprint density at radius 3 is 2.24 bits per heavy atom. The van der Waals surface area contributed by atoms with E-state index in [0.717, 1.165) is 0 Å². The molecular formula is C13H17F2N3O3. The minimum Gasteiger partial charge on any atom is -0.369 e. The van der Waals surface area contributed by atoms with Crippen LogP contribution in [0.2, 0.25) is 0 Å². The number of hydrogen-bond donors (Lipinski definition) is 2. The summed E-state index contributed by atoms with van der Waals surface area (Å²) >= 11 is 0. The molecule has 1 unspecified atom stereocenters. The van der Waals surface area contributed by atoms with Gasteiger partial charge in [-0.05, 0) is 12.8 Å². The summed E-state index contributed by atoms with van der Waals surface area (Å²) in [6.45, 7) is 5.70. The normalized spacial score (nSPS) is 12.1. The minimum atomic E-state index is -1.12. The first-order valence-electron chi connectivity index (χ1n) is 6.40. The molecule has 0 spiro atoms. The molecule has 0 saturated heterocycles. The van der Waals surface area contributed by atoms with Crippen molar-refractivity contribution in [3.8, 4) is 0 Å². The van der Waals surface area contributed by atoms with Crippen LogP contribution < -0.4 is 10.6 Å². The molecule has 0 heterocycles. The van der Waals surface area contributed by atoms with Crippen LogP contribution in [0.5, 0.6) is 0 Å². The predicted molar refractivity (Wildman–Crippen MR) is 73.9 cm³/mol. The summed E-state index contributed by atoms with van der Waals surface area (Å²) in [5, 5.41) is 15.5. The molecule has 1 atom stereocenters. The lowest BCUT2D eigenvalue weighted by Crippen LogP contribution is -2.39. The van der Waals surface area contributed by atoms with Crippen LogP contribution in [0.15, 0.2) is 12.1 Å². The van der Waals surface area contributed by atoms with Crippen LogP contribution in [0.25, 0.3) is 0 Å². The Labute approximate surface area is 120 Å². The Balaban J connectivity index is 2.83. The molecule has 0 saturated carbocycles. The van der Waals surface area contributed by atoms with Gasteiger partial charge in [-0.1, -0.05) is 13.8 Å². The number of nitro groups is 1. The molecule has 1 aromatic rings. The van der Waals surface area contributed by atoms with Crippen molar-refractivity contribution < 1.29 is 18.5 Å². The van der Waals surface area contributed by atoms with E-state index < -0.39 is 39.9 Å². The van der Waals surface area contributed by atoms with E-state index in [1.807, 2.05) is 13.8 Å². The average molecular weight is 301 g/mol. The molecule has 0 aliphatic rings. The van der Waals surface area contributed by atoms with Crippen molar-refractivity contribution in [2.24, 2.45) is 5.92 Å². The SMILES string of the molecule is CC(C)CNC(=O)C(C)Nc1c(F)cc([N+](=O)[O-])cc1F. The van der Waals surface area contributed by atoms with Gasteiger partial charge in [0.1, 0.15) is 11.7 Å². The summed E-state index contributed by atoms with van der Waals surface area (Å²) in [6.07, 6.45) is 0. The van der Waals surface area contributed by atoms with Gasteiger partial charge in [0, 0.05) is 6.54 Å². The van der Waals surface area contributed by atoms with Crippen LogP contribution >= 0.6 is 0 Å². The van der Waals surface area contributed by atoms with Crippen LogP contribution in [0.3, 0.4) is 0 Å². The van der Waals surface area contributed by atoms with Crippen LogP contribution in [0.4, 0.5) is 20.2 Å². The smallest absolute Gasteiger partial charge is 0.275 e. The number of nitrogens with one attached hydrogen (secondary N) is 2. The number of carbonyl (C=O) groups excluding carboxylic acids is 1. The number of amides is 1. The molecule has 8 heteroatoms. The Morgan fingerprint density at radius 1 is 1.29 bits per heavy atom. The van der Waals surface area contributed by atoms with E-state index in [-0.39, 0.29) is 5.92 Å². The monoisotopic (exact) mass is 301 g/mol. The van der Waals surface area contributed by atoms with E-state index in [9.17, 15) is 23.7 Å². The second kappa shape index (κ2) is 6.96. The molecular weight excluding hydrogens is 284 g/mol. The summed E-state index contributed by atoms with van der Waals surface area (Å²) in [5.41, 5.74) is -1.25. The number of nitrogens with zero attached hydrogens (tertiary/aromatic N) is 1. The Bertz CT molecular complexity index is 526. The second-order valence-electron chi connectivity index (χ2n) is 5.05. The van der Waals surface area contributed by atoms with Crippen LogP contribution in [-0.2, 0) is 4.79 Å². The maximum Gasteiger partial charge on any atom is 0.275 e. The van der Waals surface area contributed by atoms with Gasteiger partial charge in [0.25, 0.3) is 5.69 Å². The first-order valence-corrected chi connectivity index (χ1v) is 6.40. The first-order chi connectivity index (χ1) is 9.72. The fourth-order valence-corrected chi connectivity index (χ4v) is 1.54. The molecule has 1 aromatic carbocycles. The zero-order chi connectivity index (χ0) is 16.2. The zero-order valence-corrected chi connectivity index (χ0v) is 11.9. The highest BCUT2D eigenvalue weighted by atomic mass is 19.1. The van der Waals surface area contributed by atoms with Crippen molar-refractivity contribution >= 4 is 17.3 Å². The molecule has 2 N–H and O–H groups in total. The van der Waals surface area contributed by atoms with Gasteiger partial charge >= 0.3 is 0 Å². The number of non-ortho nitro benzene ring substituents is 1. The Morgan fingerprint density at radius 2 is 1.81 bits per heavy atom. The fourth-order valence-electron chi connectivity index (χ4n) is 1.54. The molecule has 21 heavy (non-hydrogen) atoms. The van der Waals surface area contributed by atoms with E-state index in [0.29, 0.717) is 18.7 Å². The van der Waals surface area contributed by atoms with Gasteiger partial charge < -0.3 is 10.6 Å². The second-order valence-corrected chi connectivity index (χ2v) is 5.05. The first kappa shape index (κ1) is 16.8. The molecule has 6 nitrogen and oxygen atoms in total. The van der Waals surface area contributed by atoms with Crippen molar-refractivity contribution in [1.82, 2.24) is 5.32 Å². The standard InChI is InChI=1S/C13H17F2N3O3/c1-7(2)6-16-13(19)8(3)17-12-10(14)4-9(18(20)21)5-11(12)15/h4-5,7-8,17H,6H2,1-3H3,(H,16,19). The molecule has 0 aliphatic carbocycles. The summed E-state index contributed by atoms with van der Waals surface area (Å²) in [7, 11) is 0. The van der Waals surface area contributed by atoms with Gasteiger partial charge in [-0.15, -0.1) is 0 Å². The zero-order valence-electron chi connectivity index (χ0n) is 11.9. The molecule has 116 valence electrons. The number of hydrogen-bond acceptors (Lipinski definition) is 4. The third kappa shape index (κ3) is 4.66. The number of benzene rings is 1. The van der Waals surface area contributed by atoms with E-state index in [1.54, 1.807) is 0 Å². The quantitative estimate of drug-likeness (QED) is 0.624. The maximum atomic E-state index is 13.7. The van der Waals surface area contributed by atoms with Crippen molar-refractivity contribution in [3.05, 3.63) is 33.9 Å². The Kier molecular flexibility index (Phi) is 5.57. The van der Waals surface area contributed by atoms with Gasteiger partial charge in [0.2, 0.25) is 5.91 Å². The highest BCUT2D eigenvalue weighted by Crippen LogP contribution is 2.25. The lowest BCUT2D eigenvalue weighted by molar-refractivity contribution is -0.385. The Hall–Kier alpha value is -2.25. The van der Waals surface area contributed by atoms with E-state index in [1.165, 1.54) is 6.92 Å². The van der Waals surface area contributed by atoms with Crippen molar-refractivity contribution in [2.75, 3.05) is 11.9 Å². The molecule has 0 fully saturated rings. The number of carbonyl (C=O) groups is 1. The highest BCUT2D eigenvalue weighted by Gasteiger charge is 2.20. The van der Waals surface area contributed by atoms with Gasteiger partial charge in [-0.2, -0.15) is 0 Å². The van der Waals surface area contributed by atoms with Crippen molar-refractivity contribution in [3.63, 3.8) is 0 Å². The average Bonchev–Trinajstić information content (AvgIpc) is 2.39. The molecule has 0 bridgehead atoms. The summed E-state index contributed by atoms with van der Waals surface area (Å²) in [4.78, 5) is 21.3. The number of nitro benzene ring substituents is 1. The van der Waals surface area contributed by atoms with Gasteiger partial charge in [-0.25, -0.2) is 8.78 Å². The van der Waals surface area contributed by atoms with E-state index in [4.69, 9.17) is 0 Å². The molecule has 1 rings (SSSR count). The predicted octanol–water partition coefficient (Wildman–Crippen LogP) is 2.45. The largest absolute Gasteiger partial charge is 0.369 e. The fraction of sp³-hybridized carbons (Fsp3) is 0.462. The summed E-state index contributed by atoms with van der Waals surface area (Å²) in [6, 6.07) is 0.322. The third-order valence-corrected chi connectivity index (χ3v) is 2.68. The minimum absolute atomic E-state index is 0.244. The molecule has 0 radical (unpaired) electrons. The molecule has 0 aromatic heterocycles. The number of halogens is 2. The maximum absolute atomic E-state index is 13.7. The number of rotatable bonds is 6. The lowest BCUT2D eigenvalue weighted by atomic mass is 10.2. The van der Waals surface area contributed by atoms with Crippen molar-refractivity contribution in [2.45, 2.75) is 26.8 Å². The van der Waals surface area contributed by atoms with E-state index in [2.05, 4.69) is 10.6 Å².